The van der Waals surface area contributed by atoms with Gasteiger partial charge >= 0.3 is 6.01 Å². The molecular weight excluding hydrogens is 318 g/mol. The highest BCUT2D eigenvalue weighted by Gasteiger charge is 2.15. The molecule has 0 radical (unpaired) electrons. The van der Waals surface area contributed by atoms with Gasteiger partial charge in [0.15, 0.2) is 0 Å². The molecule has 3 aromatic rings. The van der Waals surface area contributed by atoms with Crippen molar-refractivity contribution in [3.63, 3.8) is 0 Å². The first-order valence-electron chi connectivity index (χ1n) is 8.04. The van der Waals surface area contributed by atoms with E-state index in [1.165, 1.54) is 0 Å². The minimum atomic E-state index is -0.339. The van der Waals surface area contributed by atoms with Gasteiger partial charge in [-0.05, 0) is 54.1 Å². The van der Waals surface area contributed by atoms with Crippen molar-refractivity contribution in [1.29, 1.82) is 0 Å². The Kier molecular flexibility index (Phi) is 5.06. The molecular formula is C18H21N5O2. The maximum atomic E-state index is 9.32. The summed E-state index contributed by atoms with van der Waals surface area (Å²) in [5.41, 5.74) is 1.52. The Balaban J connectivity index is 1.74. The molecule has 0 fully saturated rings. The van der Waals surface area contributed by atoms with Gasteiger partial charge in [0.25, 0.3) is 0 Å². The van der Waals surface area contributed by atoms with Crippen molar-refractivity contribution in [2.45, 2.75) is 25.9 Å². The molecule has 0 aliphatic carbocycles. The van der Waals surface area contributed by atoms with Crippen molar-refractivity contribution in [3.8, 4) is 17.4 Å². The van der Waals surface area contributed by atoms with E-state index in [0.29, 0.717) is 18.3 Å². The number of nitrogens with zero attached hydrogens (tertiary/aromatic N) is 4. The van der Waals surface area contributed by atoms with Gasteiger partial charge in [-0.2, -0.15) is 4.68 Å². The number of para-hydroxylation sites is 1. The molecule has 0 spiro atoms. The predicted molar refractivity (Wildman–Crippen MR) is 93.7 cm³/mol. The highest BCUT2D eigenvalue weighted by molar-refractivity contribution is 5.34. The lowest BCUT2D eigenvalue weighted by Gasteiger charge is -2.23. The molecule has 0 saturated heterocycles. The van der Waals surface area contributed by atoms with Crippen LogP contribution in [-0.2, 0) is 6.54 Å². The van der Waals surface area contributed by atoms with Crippen LogP contribution in [0, 0.1) is 0 Å². The predicted octanol–water partition coefficient (Wildman–Crippen LogP) is 2.32. The highest BCUT2D eigenvalue weighted by atomic mass is 16.5. The Labute approximate surface area is 146 Å². The van der Waals surface area contributed by atoms with Gasteiger partial charge in [-0.3, -0.25) is 0 Å². The highest BCUT2D eigenvalue weighted by Crippen LogP contribution is 2.22. The number of hydrogen-bond acceptors (Lipinski definition) is 6. The molecule has 7 nitrogen and oxygen atoms in total. The summed E-state index contributed by atoms with van der Waals surface area (Å²) in [6.45, 7) is 4.58. The molecule has 0 atom stereocenters. The third-order valence-electron chi connectivity index (χ3n) is 3.72. The lowest BCUT2D eigenvalue weighted by Crippen LogP contribution is -2.42. The summed E-state index contributed by atoms with van der Waals surface area (Å²) in [6.07, 6.45) is 0. The number of tetrazole rings is 1. The number of aromatic nitrogens is 4. The Hall–Kier alpha value is -2.77. The van der Waals surface area contributed by atoms with Gasteiger partial charge in [0.2, 0.25) is 0 Å². The van der Waals surface area contributed by atoms with E-state index >= 15 is 0 Å². The van der Waals surface area contributed by atoms with Crippen molar-refractivity contribution in [2.75, 3.05) is 6.61 Å². The number of rotatable bonds is 7. The van der Waals surface area contributed by atoms with Crippen molar-refractivity contribution >= 4 is 0 Å². The van der Waals surface area contributed by atoms with Crippen molar-refractivity contribution < 1.29 is 9.84 Å². The first-order chi connectivity index (χ1) is 12.1. The SMILES string of the molecule is CC(C)(CO)NCc1cccc(Oc2nnnn2-c2ccccc2)c1. The molecule has 25 heavy (non-hydrogen) atoms. The summed E-state index contributed by atoms with van der Waals surface area (Å²) in [6, 6.07) is 17.5. The molecule has 1 heterocycles. The Morgan fingerprint density at radius 2 is 1.92 bits per heavy atom. The number of hydrogen-bond donors (Lipinski definition) is 2. The van der Waals surface area contributed by atoms with Crippen LogP contribution in [0.5, 0.6) is 11.8 Å². The van der Waals surface area contributed by atoms with E-state index in [4.69, 9.17) is 4.74 Å². The van der Waals surface area contributed by atoms with Gasteiger partial charge in [-0.15, -0.1) is 0 Å². The lowest BCUT2D eigenvalue weighted by atomic mass is 10.1. The topological polar surface area (TPSA) is 85.1 Å². The maximum absolute atomic E-state index is 9.32. The first kappa shape index (κ1) is 17.1. The fourth-order valence-corrected chi connectivity index (χ4v) is 2.20. The molecule has 0 bridgehead atoms. The quantitative estimate of drug-likeness (QED) is 0.687. The van der Waals surface area contributed by atoms with Crippen LogP contribution in [0.4, 0.5) is 0 Å². The number of benzene rings is 2. The third kappa shape index (κ3) is 4.40. The summed E-state index contributed by atoms with van der Waals surface area (Å²) in [5.74, 6) is 0.646. The van der Waals surface area contributed by atoms with E-state index in [9.17, 15) is 5.11 Å². The molecule has 1 aromatic heterocycles. The Bertz CT molecular complexity index is 817. The normalized spacial score (nSPS) is 11.5. The zero-order chi connectivity index (χ0) is 17.7. The van der Waals surface area contributed by atoms with E-state index in [-0.39, 0.29) is 12.1 Å². The third-order valence-corrected chi connectivity index (χ3v) is 3.72. The van der Waals surface area contributed by atoms with Gasteiger partial charge in [-0.25, -0.2) is 0 Å². The van der Waals surface area contributed by atoms with Crippen molar-refractivity contribution in [3.05, 3.63) is 60.2 Å². The largest absolute Gasteiger partial charge is 0.423 e. The van der Waals surface area contributed by atoms with E-state index in [1.54, 1.807) is 4.68 Å². The Morgan fingerprint density at radius 3 is 2.68 bits per heavy atom. The number of nitrogens with one attached hydrogen (secondary N) is 1. The fourth-order valence-electron chi connectivity index (χ4n) is 2.20. The molecule has 2 aromatic carbocycles. The molecule has 2 N–H and O–H groups in total. The van der Waals surface area contributed by atoms with Gasteiger partial charge in [0.05, 0.1) is 12.3 Å². The molecule has 0 amide bonds. The molecule has 0 aliphatic heterocycles. The van der Waals surface area contributed by atoms with Crippen LogP contribution in [0.25, 0.3) is 5.69 Å². The van der Waals surface area contributed by atoms with E-state index < -0.39 is 0 Å². The van der Waals surface area contributed by atoms with E-state index in [0.717, 1.165) is 11.3 Å². The fraction of sp³-hybridized carbons (Fsp3) is 0.278. The van der Waals surface area contributed by atoms with Crippen LogP contribution in [0.3, 0.4) is 0 Å². The van der Waals surface area contributed by atoms with Crippen LogP contribution in [0.15, 0.2) is 54.6 Å². The minimum absolute atomic E-state index is 0.0645. The smallest absolute Gasteiger partial charge is 0.345 e. The standard InChI is InChI=1S/C18H21N5O2/c1-18(2,13-24)19-12-14-7-6-10-16(11-14)25-17-20-21-22-23(17)15-8-4-3-5-9-15/h3-11,19,24H,12-13H2,1-2H3. The number of aliphatic hydroxyl groups excluding tert-OH is 1. The summed E-state index contributed by atoms with van der Waals surface area (Å²) >= 11 is 0. The van der Waals surface area contributed by atoms with Gasteiger partial charge < -0.3 is 15.2 Å². The second-order valence-corrected chi connectivity index (χ2v) is 6.35. The lowest BCUT2D eigenvalue weighted by molar-refractivity contribution is 0.187. The van der Waals surface area contributed by atoms with Gasteiger partial charge in [0, 0.05) is 12.1 Å². The monoisotopic (exact) mass is 339 g/mol. The Morgan fingerprint density at radius 1 is 1.12 bits per heavy atom. The molecule has 7 heteroatoms. The second-order valence-electron chi connectivity index (χ2n) is 6.35. The van der Waals surface area contributed by atoms with E-state index in [2.05, 4.69) is 20.8 Å². The minimum Gasteiger partial charge on any atom is -0.423 e. The molecule has 3 rings (SSSR count). The van der Waals surface area contributed by atoms with Crippen molar-refractivity contribution in [1.82, 2.24) is 25.5 Å². The summed E-state index contributed by atoms with van der Waals surface area (Å²) < 4.78 is 7.39. The summed E-state index contributed by atoms with van der Waals surface area (Å²) in [4.78, 5) is 0. The summed E-state index contributed by atoms with van der Waals surface area (Å²) in [5, 5.41) is 24.2. The summed E-state index contributed by atoms with van der Waals surface area (Å²) in [7, 11) is 0. The zero-order valence-electron chi connectivity index (χ0n) is 14.3. The average Bonchev–Trinajstić information content (AvgIpc) is 3.09. The van der Waals surface area contributed by atoms with E-state index in [1.807, 2.05) is 68.4 Å². The number of aliphatic hydroxyl groups is 1. The number of ether oxygens (including phenoxy) is 1. The average molecular weight is 339 g/mol. The van der Waals surface area contributed by atoms with Gasteiger partial charge in [-0.1, -0.05) is 35.4 Å². The van der Waals surface area contributed by atoms with Crippen LogP contribution in [0.1, 0.15) is 19.4 Å². The molecule has 130 valence electrons. The van der Waals surface area contributed by atoms with Crippen LogP contribution in [0.2, 0.25) is 0 Å². The molecule has 0 saturated carbocycles. The van der Waals surface area contributed by atoms with Crippen LogP contribution < -0.4 is 10.1 Å². The maximum Gasteiger partial charge on any atom is 0.345 e. The van der Waals surface area contributed by atoms with Crippen LogP contribution >= 0.6 is 0 Å². The molecule has 0 unspecified atom stereocenters. The zero-order valence-corrected chi connectivity index (χ0v) is 14.3. The van der Waals surface area contributed by atoms with Gasteiger partial charge in [0.1, 0.15) is 5.75 Å². The second kappa shape index (κ2) is 7.42. The van der Waals surface area contributed by atoms with Crippen molar-refractivity contribution in [2.24, 2.45) is 0 Å². The van der Waals surface area contributed by atoms with Crippen LogP contribution in [-0.4, -0.2) is 37.5 Å². The first-order valence-corrected chi connectivity index (χ1v) is 8.04. The molecule has 0 aliphatic rings.